The van der Waals surface area contributed by atoms with Crippen LogP contribution in [0.25, 0.3) is 0 Å². The maximum atomic E-state index is 12.9. The summed E-state index contributed by atoms with van der Waals surface area (Å²) in [6.07, 6.45) is 7.04. The van der Waals surface area contributed by atoms with E-state index in [1.54, 1.807) is 14.2 Å². The van der Waals surface area contributed by atoms with Crippen LogP contribution < -0.4 is 4.18 Å². The highest BCUT2D eigenvalue weighted by molar-refractivity contribution is 7.87. The lowest BCUT2D eigenvalue weighted by Gasteiger charge is -2.49. The molecule has 0 aromatic carbocycles. The summed E-state index contributed by atoms with van der Waals surface area (Å²) in [6, 6.07) is 0. The predicted octanol–water partition coefficient (Wildman–Crippen LogP) is 8.75. The molecule has 9 nitrogen and oxygen atoms in total. The van der Waals surface area contributed by atoms with Gasteiger partial charge in [-0.15, -0.1) is 11.5 Å². The van der Waals surface area contributed by atoms with Crippen molar-refractivity contribution in [2.24, 2.45) is 0 Å². The fraction of sp³-hybridized carbons (Fsp3) is 0.743. The van der Waals surface area contributed by atoms with E-state index in [9.17, 15) is 21.6 Å². The molecule has 0 aliphatic carbocycles. The minimum Gasteiger partial charge on any atom is -0.445 e. The van der Waals surface area contributed by atoms with E-state index in [1.165, 1.54) is 0 Å². The Morgan fingerprint density at radius 1 is 1.12 bits per heavy atom. The lowest BCUT2D eigenvalue weighted by molar-refractivity contribution is -0.181. The van der Waals surface area contributed by atoms with Crippen LogP contribution in [0.3, 0.4) is 0 Å². The van der Waals surface area contributed by atoms with E-state index < -0.39 is 55.7 Å². The van der Waals surface area contributed by atoms with E-state index >= 15 is 0 Å². The van der Waals surface area contributed by atoms with Gasteiger partial charge in [0.2, 0.25) is 8.32 Å². The van der Waals surface area contributed by atoms with Crippen molar-refractivity contribution >= 4 is 26.5 Å². The van der Waals surface area contributed by atoms with Gasteiger partial charge in [-0.25, -0.2) is 0 Å². The van der Waals surface area contributed by atoms with Crippen LogP contribution in [0.2, 0.25) is 36.3 Å². The Hall–Kier alpha value is -1.94. The first-order valence-electron chi connectivity index (χ1n) is 17.1. The Balaban J connectivity index is 2.52. The Morgan fingerprint density at radius 3 is 2.22 bits per heavy atom. The molecule has 0 bridgehead atoms. The quantitative estimate of drug-likeness (QED) is 0.0537. The summed E-state index contributed by atoms with van der Waals surface area (Å²) in [6.45, 7) is 23.8. The number of oxazole rings is 1. The van der Waals surface area contributed by atoms with Crippen LogP contribution in [-0.4, -0.2) is 79.5 Å². The standard InChI is InChI=1S/C35H58F3NO8SSi2/c1-24(2)50(25(3)4,26(5)6)47-31(19-27(7)16-17-28(42-9)15-14-18-49(11,12)13)30-20-29(43-10)21-34(8,45-30)22-32-39-33(23-44-32)46-48(40,41)35(36,37)38/h16-17,19,23-26,28-31H,15,20-22H2,1-13H3/b17-16+,27-19+/t28-,29-,30-,31-,34+/m1/s1. The van der Waals surface area contributed by atoms with Gasteiger partial charge in [-0.2, -0.15) is 26.6 Å². The molecule has 1 aliphatic rings. The van der Waals surface area contributed by atoms with Gasteiger partial charge in [0, 0.05) is 33.5 Å². The normalized spacial score (nSPS) is 22.7. The lowest BCUT2D eigenvalue weighted by Crippen LogP contribution is -2.56. The average molecular weight is 766 g/mol. The van der Waals surface area contributed by atoms with E-state index in [2.05, 4.69) is 87.9 Å². The SMILES string of the molecule is CO[C@@H]1C[C@H]([C@@H](/C=C(C)/C=C/[C@@H](CC#C[Si](C)(C)C)OC)O[Si](C(C)C)(C(C)C)C(C)C)O[C@](C)(Cc2nc(OS(=O)(=O)C(F)(F)F)co2)C1. The van der Waals surface area contributed by atoms with Gasteiger partial charge in [0.05, 0.1) is 36.4 Å². The van der Waals surface area contributed by atoms with Crippen molar-refractivity contribution in [2.75, 3.05) is 14.2 Å². The van der Waals surface area contributed by atoms with Crippen LogP contribution in [0.15, 0.2) is 34.5 Å². The number of aromatic nitrogens is 1. The van der Waals surface area contributed by atoms with Crippen LogP contribution in [0.5, 0.6) is 5.88 Å². The average Bonchev–Trinajstić information content (AvgIpc) is 3.39. The zero-order valence-corrected chi connectivity index (χ0v) is 34.8. The first-order chi connectivity index (χ1) is 22.9. The minimum absolute atomic E-state index is 0.0171. The highest BCUT2D eigenvalue weighted by atomic mass is 32.2. The molecule has 1 aromatic heterocycles. The number of allylic oxidation sites excluding steroid dienone is 2. The first kappa shape index (κ1) is 44.2. The molecule has 286 valence electrons. The molecule has 2 rings (SSSR count). The molecule has 1 fully saturated rings. The Labute approximate surface area is 300 Å². The third kappa shape index (κ3) is 12.3. The number of hydrogen-bond donors (Lipinski definition) is 0. The molecule has 1 saturated heterocycles. The van der Waals surface area contributed by atoms with E-state index in [4.69, 9.17) is 23.1 Å². The highest BCUT2D eigenvalue weighted by Gasteiger charge is 2.51. The molecule has 0 radical (unpaired) electrons. The van der Waals surface area contributed by atoms with Crippen molar-refractivity contribution in [3.8, 4) is 17.3 Å². The van der Waals surface area contributed by atoms with E-state index in [0.29, 0.717) is 35.9 Å². The van der Waals surface area contributed by atoms with Crippen molar-refractivity contribution in [1.29, 1.82) is 0 Å². The maximum Gasteiger partial charge on any atom is 0.534 e. The van der Waals surface area contributed by atoms with Crippen molar-refractivity contribution in [3.63, 3.8) is 0 Å². The van der Waals surface area contributed by atoms with Gasteiger partial charge >= 0.3 is 15.6 Å². The molecule has 0 saturated carbocycles. The number of rotatable bonds is 16. The van der Waals surface area contributed by atoms with Gasteiger partial charge in [-0.05, 0) is 30.5 Å². The van der Waals surface area contributed by atoms with Crippen LogP contribution in [0.1, 0.15) is 80.5 Å². The van der Waals surface area contributed by atoms with Crippen LogP contribution in [0, 0.1) is 11.5 Å². The van der Waals surface area contributed by atoms with Crippen molar-refractivity contribution < 1.29 is 48.8 Å². The first-order valence-corrected chi connectivity index (χ1v) is 24.2. The maximum absolute atomic E-state index is 12.9. The molecule has 0 unspecified atom stereocenters. The number of ether oxygens (including phenoxy) is 3. The van der Waals surface area contributed by atoms with Crippen LogP contribution in [-0.2, 0) is 35.2 Å². The van der Waals surface area contributed by atoms with E-state index in [1.807, 2.05) is 26.0 Å². The molecule has 2 heterocycles. The third-order valence-electron chi connectivity index (χ3n) is 8.94. The minimum atomic E-state index is -5.90. The van der Waals surface area contributed by atoms with Gasteiger partial charge < -0.3 is 27.2 Å². The summed E-state index contributed by atoms with van der Waals surface area (Å²) in [5.41, 5.74) is -1.33. The van der Waals surface area contributed by atoms with Gasteiger partial charge in [0.15, 0.2) is 12.2 Å². The zero-order chi connectivity index (χ0) is 38.3. The second-order valence-electron chi connectivity index (χ2n) is 15.3. The molecular weight excluding hydrogens is 708 g/mol. The molecular formula is C35H58F3NO8SSi2. The van der Waals surface area contributed by atoms with Crippen LogP contribution >= 0.6 is 0 Å². The second-order valence-corrected chi connectivity index (χ2v) is 27.0. The third-order valence-corrected chi connectivity index (χ3v) is 16.9. The largest absolute Gasteiger partial charge is 0.534 e. The summed E-state index contributed by atoms with van der Waals surface area (Å²) >= 11 is 0. The molecule has 0 spiro atoms. The summed E-state index contributed by atoms with van der Waals surface area (Å²) < 4.78 is 96.9. The predicted molar refractivity (Wildman–Crippen MR) is 194 cm³/mol. The van der Waals surface area contributed by atoms with E-state index in [-0.39, 0.29) is 24.5 Å². The monoisotopic (exact) mass is 765 g/mol. The number of methoxy groups -OCH3 is 2. The highest BCUT2D eigenvalue weighted by Crippen LogP contribution is 2.45. The number of nitrogens with zero attached hydrogens (tertiary/aromatic N) is 1. The Bertz CT molecular complexity index is 1450. The topological polar surface area (TPSA) is 106 Å². The fourth-order valence-electron chi connectivity index (χ4n) is 6.76. The molecule has 0 N–H and O–H groups in total. The van der Waals surface area contributed by atoms with Crippen LogP contribution in [0.4, 0.5) is 13.2 Å². The lowest BCUT2D eigenvalue weighted by atomic mass is 9.86. The number of halogens is 3. The zero-order valence-electron chi connectivity index (χ0n) is 31.9. The molecule has 15 heteroatoms. The summed E-state index contributed by atoms with van der Waals surface area (Å²) in [4.78, 5) is 3.88. The van der Waals surface area contributed by atoms with Gasteiger partial charge in [-0.3, -0.25) is 0 Å². The Kier molecular flexibility index (Phi) is 15.7. The van der Waals surface area contributed by atoms with Gasteiger partial charge in [-0.1, -0.05) is 85.0 Å². The van der Waals surface area contributed by atoms with Crippen molar-refractivity contribution in [1.82, 2.24) is 4.98 Å². The summed E-state index contributed by atoms with van der Waals surface area (Å²) in [5.74, 6) is 2.43. The van der Waals surface area contributed by atoms with Gasteiger partial charge in [0.1, 0.15) is 8.07 Å². The van der Waals surface area contributed by atoms with E-state index in [0.717, 1.165) is 11.8 Å². The fourth-order valence-corrected chi connectivity index (χ4v) is 13.3. The second kappa shape index (κ2) is 17.7. The molecule has 0 amide bonds. The van der Waals surface area contributed by atoms with Crippen molar-refractivity contribution in [3.05, 3.63) is 36.0 Å². The molecule has 1 aliphatic heterocycles. The summed E-state index contributed by atoms with van der Waals surface area (Å²) in [5, 5.41) is 0. The smallest absolute Gasteiger partial charge is 0.445 e. The Morgan fingerprint density at radius 2 is 1.72 bits per heavy atom. The van der Waals surface area contributed by atoms with Crippen molar-refractivity contribution in [2.45, 2.75) is 153 Å². The molecule has 5 atom stereocenters. The number of alkyl halides is 3. The summed E-state index contributed by atoms with van der Waals surface area (Å²) in [7, 11) is -6.56. The molecule has 1 aromatic rings. The number of hydrogen-bond acceptors (Lipinski definition) is 9. The van der Waals surface area contributed by atoms with Gasteiger partial charge in [0.25, 0.3) is 5.88 Å². The molecule has 50 heavy (non-hydrogen) atoms.